The van der Waals surface area contributed by atoms with Crippen LogP contribution in [-0.4, -0.2) is 19.1 Å². The molecule has 0 fully saturated rings. The average Bonchev–Trinajstić information content (AvgIpc) is 2.65. The fourth-order valence-electron chi connectivity index (χ4n) is 2.25. The zero-order valence-corrected chi connectivity index (χ0v) is 20.9. The molecule has 0 unspecified atom stereocenters. The second-order valence-corrected chi connectivity index (χ2v) is 9.72. The molecular formula is C18H21Cl3N3O3Zn+. The van der Waals surface area contributed by atoms with Crippen LogP contribution in [0.2, 0.25) is 0 Å². The van der Waals surface area contributed by atoms with Crippen LogP contribution in [0.25, 0.3) is 4.98 Å². The number of ether oxygens (including phenoxy) is 2. The van der Waals surface area contributed by atoms with Gasteiger partial charge in [0.2, 0.25) is 17.0 Å². The Morgan fingerprint density at radius 2 is 1.68 bits per heavy atom. The molecule has 0 saturated carbocycles. The number of nitrogens with one attached hydrogen (secondary N) is 1. The van der Waals surface area contributed by atoms with Gasteiger partial charge in [-0.3, -0.25) is 4.79 Å². The molecule has 0 atom stereocenters. The minimum absolute atomic E-state index is 0. The molecule has 0 spiro atoms. The van der Waals surface area contributed by atoms with Crippen LogP contribution in [0.5, 0.6) is 11.5 Å². The third-order valence-electron chi connectivity index (χ3n) is 3.25. The molecule has 2 rings (SSSR count). The van der Waals surface area contributed by atoms with Gasteiger partial charge in [-0.05, 0) is 19.4 Å². The number of hydrogen-bond donors (Lipinski definition) is 1. The SMILES string of the molecule is CCOc1cc(NC(=O)Cc2ccccc2)c(OCC)cc1[N+]#N.Cl.[Cl][Zn][Cl]. The Labute approximate surface area is 186 Å². The van der Waals surface area contributed by atoms with Crippen molar-refractivity contribution in [2.45, 2.75) is 20.3 Å². The van der Waals surface area contributed by atoms with Crippen molar-refractivity contribution in [3.05, 3.63) is 53.0 Å². The molecule has 0 bridgehead atoms. The van der Waals surface area contributed by atoms with Gasteiger partial charge >= 0.3 is 40.2 Å². The average molecular weight is 499 g/mol. The molecule has 0 saturated heterocycles. The van der Waals surface area contributed by atoms with Crippen LogP contribution in [0, 0.1) is 5.39 Å². The molecule has 0 aromatic heterocycles. The van der Waals surface area contributed by atoms with Crippen LogP contribution in [0.3, 0.4) is 0 Å². The first-order valence-electron chi connectivity index (χ1n) is 8.33. The summed E-state index contributed by atoms with van der Waals surface area (Å²) in [6, 6.07) is 12.6. The maximum atomic E-state index is 12.3. The Bertz CT molecular complexity index is 774. The van der Waals surface area contributed by atoms with E-state index in [-0.39, 0.29) is 30.4 Å². The van der Waals surface area contributed by atoms with E-state index in [1.807, 2.05) is 44.2 Å². The number of anilines is 1. The molecule has 0 aliphatic carbocycles. The zero-order valence-electron chi connectivity index (χ0n) is 15.7. The molecule has 0 aliphatic heterocycles. The maximum absolute atomic E-state index is 12.3. The van der Waals surface area contributed by atoms with Crippen LogP contribution in [0.4, 0.5) is 11.4 Å². The van der Waals surface area contributed by atoms with E-state index in [0.717, 1.165) is 5.56 Å². The van der Waals surface area contributed by atoms with Crippen molar-refractivity contribution in [2.24, 2.45) is 0 Å². The van der Waals surface area contributed by atoms with Gasteiger partial charge in [-0.15, -0.1) is 12.4 Å². The number of carbonyl (C=O) groups is 1. The van der Waals surface area contributed by atoms with E-state index in [4.69, 9.17) is 34.2 Å². The standard InChI is InChI=1S/C18H19N3O3.3ClH.Zn/c1-3-23-16-12-15(21-19)17(24-4-2)11-14(16)20-18(22)10-13-8-6-5-7-9-13;;;;/h5-9,11-12H,3-4,10H2,1-2H3;3*1H;/q;;;;+2/p-1. The van der Waals surface area contributed by atoms with E-state index in [1.165, 1.54) is 6.07 Å². The van der Waals surface area contributed by atoms with Gasteiger partial charge in [0.15, 0.2) is 10.7 Å². The number of halogens is 3. The normalized spacial score (nSPS) is 8.82. The van der Waals surface area contributed by atoms with E-state index >= 15 is 0 Å². The Morgan fingerprint density at radius 3 is 2.21 bits per heavy atom. The molecule has 148 valence electrons. The first-order chi connectivity index (χ1) is 13.1. The summed E-state index contributed by atoms with van der Waals surface area (Å²) in [6.45, 7) is 4.49. The van der Waals surface area contributed by atoms with Gasteiger partial charge in [0, 0.05) is 6.07 Å². The van der Waals surface area contributed by atoms with Gasteiger partial charge in [-0.2, -0.15) is 0 Å². The molecule has 6 nitrogen and oxygen atoms in total. The Kier molecular flexibility index (Phi) is 14.5. The van der Waals surface area contributed by atoms with Crippen LogP contribution in [-0.2, 0) is 26.4 Å². The topological polar surface area (TPSA) is 75.7 Å². The Hall–Kier alpha value is -1.58. The van der Waals surface area contributed by atoms with E-state index in [2.05, 4.69) is 10.3 Å². The quantitative estimate of drug-likeness (QED) is 0.378. The predicted octanol–water partition coefficient (Wildman–Crippen LogP) is 5.95. The van der Waals surface area contributed by atoms with Gasteiger partial charge in [0.25, 0.3) is 0 Å². The van der Waals surface area contributed by atoms with Crippen LogP contribution in [0.1, 0.15) is 19.4 Å². The summed E-state index contributed by atoms with van der Waals surface area (Å²) >= 11 is -0.931. The second kappa shape index (κ2) is 15.4. The Morgan fingerprint density at radius 1 is 1.11 bits per heavy atom. The number of hydrogen-bond acceptors (Lipinski definition) is 4. The summed E-state index contributed by atoms with van der Waals surface area (Å²) < 4.78 is 11.0. The zero-order chi connectivity index (χ0) is 20.1. The summed E-state index contributed by atoms with van der Waals surface area (Å²) in [7, 11) is 9.90. The summed E-state index contributed by atoms with van der Waals surface area (Å²) in [4.78, 5) is 15.5. The molecule has 1 amide bonds. The third-order valence-corrected chi connectivity index (χ3v) is 3.25. The van der Waals surface area contributed by atoms with Crippen molar-refractivity contribution < 1.29 is 29.4 Å². The number of rotatable bonds is 7. The predicted molar refractivity (Wildman–Crippen MR) is 111 cm³/mol. The molecule has 0 heterocycles. The van der Waals surface area contributed by atoms with E-state index in [1.54, 1.807) is 6.07 Å². The number of carbonyl (C=O) groups excluding carboxylic acids is 1. The van der Waals surface area contributed by atoms with E-state index < -0.39 is 15.1 Å². The molecule has 28 heavy (non-hydrogen) atoms. The van der Waals surface area contributed by atoms with Crippen molar-refractivity contribution in [1.29, 1.82) is 5.39 Å². The minimum atomic E-state index is -0.931. The van der Waals surface area contributed by atoms with Gasteiger partial charge in [0.1, 0.15) is 0 Å². The molecular weight excluding hydrogens is 478 g/mol. The van der Waals surface area contributed by atoms with Crippen molar-refractivity contribution in [1.82, 2.24) is 0 Å². The Balaban J connectivity index is 0.00000171. The van der Waals surface area contributed by atoms with Crippen LogP contribution in [0.15, 0.2) is 42.5 Å². The molecule has 0 aliphatic rings. The number of diazo groups is 1. The molecule has 10 heteroatoms. The summed E-state index contributed by atoms with van der Waals surface area (Å²) in [5.41, 5.74) is 1.65. The summed E-state index contributed by atoms with van der Waals surface area (Å²) in [5.74, 6) is 0.631. The monoisotopic (exact) mass is 496 g/mol. The van der Waals surface area contributed by atoms with Gasteiger partial charge < -0.3 is 14.8 Å². The van der Waals surface area contributed by atoms with Crippen molar-refractivity contribution >= 4 is 49.1 Å². The molecule has 0 radical (unpaired) electrons. The first-order valence-corrected chi connectivity index (χ1v) is 16.1. The van der Waals surface area contributed by atoms with Crippen molar-refractivity contribution in [3.8, 4) is 11.5 Å². The molecule has 1 N–H and O–H groups in total. The molecule has 2 aromatic rings. The van der Waals surface area contributed by atoms with E-state index in [9.17, 15) is 4.79 Å². The van der Waals surface area contributed by atoms with Crippen molar-refractivity contribution in [3.63, 3.8) is 0 Å². The van der Waals surface area contributed by atoms with Crippen molar-refractivity contribution in [2.75, 3.05) is 18.5 Å². The van der Waals surface area contributed by atoms with Gasteiger partial charge in [-0.25, -0.2) is 0 Å². The van der Waals surface area contributed by atoms with Gasteiger partial charge in [0.05, 0.1) is 31.4 Å². The fraction of sp³-hybridized carbons (Fsp3) is 0.278. The van der Waals surface area contributed by atoms with E-state index in [0.29, 0.717) is 30.4 Å². The second-order valence-electron chi connectivity index (χ2n) is 5.09. The summed E-state index contributed by atoms with van der Waals surface area (Å²) in [5, 5.41) is 11.9. The molecule has 2 aromatic carbocycles. The summed E-state index contributed by atoms with van der Waals surface area (Å²) in [6.07, 6.45) is 0.252. The fourth-order valence-corrected chi connectivity index (χ4v) is 2.25. The third kappa shape index (κ3) is 9.08. The van der Waals surface area contributed by atoms with Crippen LogP contribution < -0.4 is 14.8 Å². The number of nitrogens with zero attached hydrogens (tertiary/aromatic N) is 2. The first kappa shape index (κ1) is 26.4. The number of benzene rings is 2. The van der Waals surface area contributed by atoms with Gasteiger partial charge in [-0.1, -0.05) is 30.3 Å². The van der Waals surface area contributed by atoms with Crippen LogP contribution >= 0.6 is 31.8 Å². The number of amides is 1.